The lowest BCUT2D eigenvalue weighted by molar-refractivity contribution is -0.155. The van der Waals surface area contributed by atoms with Crippen molar-refractivity contribution >= 4 is 17.9 Å². The van der Waals surface area contributed by atoms with Crippen molar-refractivity contribution in [3.8, 4) is 17.6 Å². The smallest absolute Gasteiger partial charge is 0.311 e. The molecule has 7 nitrogen and oxygen atoms in total. The number of carbonyl (C=O) groups excluding carboxylic acids is 3. The van der Waals surface area contributed by atoms with Crippen LogP contribution in [0.15, 0.2) is 54.6 Å². The Morgan fingerprint density at radius 2 is 1.02 bits per heavy atom. The Morgan fingerprint density at radius 1 is 0.630 bits per heavy atom. The first-order valence-corrected chi connectivity index (χ1v) is 16.2. The van der Waals surface area contributed by atoms with Crippen molar-refractivity contribution in [3.63, 3.8) is 0 Å². The van der Waals surface area contributed by atoms with Gasteiger partial charge in [0.05, 0.1) is 22.9 Å². The largest absolute Gasteiger partial charge is 0.508 e. The third kappa shape index (κ3) is 14.1. The Kier molecular flexibility index (Phi) is 14.4. The van der Waals surface area contributed by atoms with E-state index in [2.05, 4.69) is 11.8 Å². The fourth-order valence-electron chi connectivity index (χ4n) is 4.57. The number of carbonyl (C=O) groups is 3. The van der Waals surface area contributed by atoms with Crippen LogP contribution in [0.1, 0.15) is 99.1 Å². The molecule has 0 amide bonds. The van der Waals surface area contributed by atoms with E-state index in [1.165, 1.54) is 12.8 Å². The van der Waals surface area contributed by atoms with Crippen molar-refractivity contribution in [1.29, 1.82) is 0 Å². The van der Waals surface area contributed by atoms with E-state index in [9.17, 15) is 14.4 Å². The number of hydrogen-bond donors (Lipinski definition) is 1. The maximum Gasteiger partial charge on any atom is 0.311 e. The molecule has 3 atom stereocenters. The van der Waals surface area contributed by atoms with Gasteiger partial charge in [0.15, 0.2) is 0 Å². The molecule has 7 heteroatoms. The number of rotatable bonds is 6. The predicted molar refractivity (Wildman–Crippen MR) is 180 cm³/mol. The van der Waals surface area contributed by atoms with Crippen LogP contribution in [0.5, 0.6) is 5.75 Å². The lowest BCUT2D eigenvalue weighted by Crippen LogP contribution is -2.24. The fourth-order valence-corrected chi connectivity index (χ4v) is 4.57. The minimum absolute atomic E-state index is 0.0759. The van der Waals surface area contributed by atoms with Crippen LogP contribution >= 0.6 is 0 Å². The van der Waals surface area contributed by atoms with Crippen LogP contribution in [-0.4, -0.2) is 29.6 Å². The van der Waals surface area contributed by atoms with Gasteiger partial charge in [-0.15, -0.1) is 11.8 Å². The Balaban J connectivity index is 0.000000242. The van der Waals surface area contributed by atoms with E-state index in [0.29, 0.717) is 19.1 Å². The zero-order chi connectivity index (χ0) is 34.5. The molecule has 2 aliphatic rings. The van der Waals surface area contributed by atoms with Crippen LogP contribution < -0.4 is 0 Å². The van der Waals surface area contributed by atoms with Gasteiger partial charge in [0.25, 0.3) is 0 Å². The molecular formula is C39H54O7. The Morgan fingerprint density at radius 3 is 1.43 bits per heavy atom. The molecule has 0 aliphatic heterocycles. The van der Waals surface area contributed by atoms with Crippen molar-refractivity contribution in [3.05, 3.63) is 65.7 Å². The monoisotopic (exact) mass is 634 g/mol. The molecule has 0 heterocycles. The van der Waals surface area contributed by atoms with Crippen LogP contribution in [0.25, 0.3) is 0 Å². The minimum Gasteiger partial charge on any atom is -0.508 e. The molecule has 2 aromatic rings. The summed E-state index contributed by atoms with van der Waals surface area (Å²) >= 11 is 0. The summed E-state index contributed by atoms with van der Waals surface area (Å²) in [5.74, 6) is 8.26. The summed E-state index contributed by atoms with van der Waals surface area (Å²) in [6.07, 6.45) is 4.42. The quantitative estimate of drug-likeness (QED) is 0.194. The molecule has 4 rings (SSSR count). The second kappa shape index (κ2) is 17.2. The van der Waals surface area contributed by atoms with Gasteiger partial charge in [-0.3, -0.25) is 14.4 Å². The SMILES string of the molecule is CC(C)(C)C(=O)OCC1[C@H]2CCC#CCC[C@@H]12.CC(C)(C)C(=O)OCc1ccc(O)cc1.CC(C)(C)C(=O)OCc1ccccc1. The lowest BCUT2D eigenvalue weighted by Gasteiger charge is -2.16. The first kappa shape index (κ1) is 38.4. The van der Waals surface area contributed by atoms with Crippen LogP contribution in [0, 0.1) is 45.8 Å². The van der Waals surface area contributed by atoms with Gasteiger partial charge in [-0.05, 0) is 116 Å². The molecule has 0 saturated heterocycles. The van der Waals surface area contributed by atoms with Crippen LogP contribution in [0.2, 0.25) is 0 Å². The molecule has 1 saturated carbocycles. The normalized spacial score (nSPS) is 18.6. The number of phenols is 1. The third-order valence-electron chi connectivity index (χ3n) is 7.60. The van der Waals surface area contributed by atoms with Crippen molar-refractivity contribution < 1.29 is 33.7 Å². The molecular weight excluding hydrogens is 580 g/mol. The van der Waals surface area contributed by atoms with E-state index in [0.717, 1.165) is 35.8 Å². The summed E-state index contributed by atoms with van der Waals surface area (Å²) in [6, 6.07) is 16.3. The maximum atomic E-state index is 11.7. The van der Waals surface area contributed by atoms with Gasteiger partial charge >= 0.3 is 17.9 Å². The maximum absolute atomic E-state index is 11.7. The molecule has 0 spiro atoms. The molecule has 0 radical (unpaired) electrons. The molecule has 1 N–H and O–H groups in total. The van der Waals surface area contributed by atoms with E-state index >= 15 is 0 Å². The Labute approximate surface area is 276 Å². The molecule has 0 aromatic heterocycles. The molecule has 252 valence electrons. The van der Waals surface area contributed by atoms with Crippen LogP contribution in [0.4, 0.5) is 0 Å². The lowest BCUT2D eigenvalue weighted by atomic mass is 9.97. The van der Waals surface area contributed by atoms with E-state index in [1.54, 1.807) is 24.3 Å². The Bertz CT molecular complexity index is 1300. The number of aromatic hydroxyl groups is 1. The van der Waals surface area contributed by atoms with Gasteiger partial charge in [-0.1, -0.05) is 42.5 Å². The number of phenolic OH excluding ortho intramolecular Hbond substituents is 1. The third-order valence-corrected chi connectivity index (χ3v) is 7.60. The van der Waals surface area contributed by atoms with Gasteiger partial charge in [-0.25, -0.2) is 0 Å². The van der Waals surface area contributed by atoms with E-state index in [-0.39, 0.29) is 35.7 Å². The number of hydrogen-bond acceptors (Lipinski definition) is 7. The van der Waals surface area contributed by atoms with Crippen LogP contribution in [-0.2, 0) is 41.8 Å². The topological polar surface area (TPSA) is 99.1 Å². The second-order valence-corrected chi connectivity index (χ2v) is 15.1. The van der Waals surface area contributed by atoms with Crippen molar-refractivity contribution in [2.75, 3.05) is 6.61 Å². The number of benzene rings is 2. The number of fused-ring (bicyclic) bond motifs is 1. The summed E-state index contributed by atoms with van der Waals surface area (Å²) in [4.78, 5) is 34.5. The fraction of sp³-hybridized carbons (Fsp3) is 0.564. The zero-order valence-corrected chi connectivity index (χ0v) is 29.3. The van der Waals surface area contributed by atoms with Gasteiger partial charge in [0, 0.05) is 12.8 Å². The molecule has 46 heavy (non-hydrogen) atoms. The summed E-state index contributed by atoms with van der Waals surface area (Å²) < 4.78 is 15.7. The average molecular weight is 635 g/mol. The van der Waals surface area contributed by atoms with E-state index in [4.69, 9.17) is 19.3 Å². The van der Waals surface area contributed by atoms with Crippen LogP contribution in [0.3, 0.4) is 0 Å². The minimum atomic E-state index is -0.475. The zero-order valence-electron chi connectivity index (χ0n) is 29.3. The van der Waals surface area contributed by atoms with E-state index in [1.807, 2.05) is 92.6 Å². The Hall–Kier alpha value is -3.79. The highest BCUT2D eigenvalue weighted by Crippen LogP contribution is 2.52. The van der Waals surface area contributed by atoms with E-state index < -0.39 is 10.8 Å². The summed E-state index contributed by atoms with van der Waals surface area (Å²) in [5, 5.41) is 9.06. The highest BCUT2D eigenvalue weighted by atomic mass is 16.5. The summed E-state index contributed by atoms with van der Waals surface area (Å²) in [7, 11) is 0. The summed E-state index contributed by atoms with van der Waals surface area (Å²) in [6.45, 7) is 17.9. The molecule has 0 bridgehead atoms. The highest BCUT2D eigenvalue weighted by Gasteiger charge is 2.49. The highest BCUT2D eigenvalue weighted by molar-refractivity contribution is 5.76. The van der Waals surface area contributed by atoms with Gasteiger partial charge in [-0.2, -0.15) is 0 Å². The van der Waals surface area contributed by atoms with Gasteiger partial charge < -0.3 is 19.3 Å². The van der Waals surface area contributed by atoms with Crippen molar-refractivity contribution in [1.82, 2.24) is 0 Å². The van der Waals surface area contributed by atoms with Crippen molar-refractivity contribution in [2.24, 2.45) is 34.0 Å². The summed E-state index contributed by atoms with van der Waals surface area (Å²) in [5.41, 5.74) is 0.610. The molecule has 1 unspecified atom stereocenters. The van der Waals surface area contributed by atoms with Gasteiger partial charge in [0.1, 0.15) is 19.0 Å². The molecule has 1 fully saturated rings. The number of esters is 3. The predicted octanol–water partition coefficient (Wildman–Crippen LogP) is 8.27. The molecule has 2 aromatic carbocycles. The molecule has 2 aliphatic carbocycles. The van der Waals surface area contributed by atoms with Crippen molar-refractivity contribution in [2.45, 2.75) is 101 Å². The average Bonchev–Trinajstić information content (AvgIpc) is 3.62. The van der Waals surface area contributed by atoms with Gasteiger partial charge in [0.2, 0.25) is 0 Å². The number of ether oxygens (including phenoxy) is 3. The first-order chi connectivity index (χ1) is 21.4. The standard InChI is InChI=1S/C15H22O2.C12H16O3.C12H16O2/c1-15(2,3)14(16)17-10-13-11-8-6-4-5-7-9-12(11)13;1-12(2,3)11(14)15-8-9-4-6-10(13)7-5-9;1-12(2,3)11(13)14-9-10-7-5-4-6-8-10/h11-13H,6-10H2,1-3H3;4-7,13H,8H2,1-3H3;4-8H,9H2,1-3H3/t11-,12+,13?;;. The second-order valence-electron chi connectivity index (χ2n) is 15.1. The first-order valence-electron chi connectivity index (χ1n) is 16.2.